The molecule has 2 aromatic rings. The molecule has 5 rings (SSSR count). The highest BCUT2D eigenvalue weighted by molar-refractivity contribution is 8.01. The number of benzene rings is 2. The van der Waals surface area contributed by atoms with E-state index in [9.17, 15) is 4.79 Å². The van der Waals surface area contributed by atoms with Gasteiger partial charge in [0.2, 0.25) is 15.9 Å². The highest BCUT2D eigenvalue weighted by Crippen LogP contribution is 2.63. The Morgan fingerprint density at radius 3 is 2.02 bits per heavy atom. The van der Waals surface area contributed by atoms with Gasteiger partial charge in [-0.1, -0.05) is 90.6 Å². The van der Waals surface area contributed by atoms with Crippen molar-refractivity contribution in [3.05, 3.63) is 60.2 Å². The van der Waals surface area contributed by atoms with E-state index in [4.69, 9.17) is 9.57 Å². The van der Waals surface area contributed by atoms with Crippen molar-refractivity contribution >= 4 is 33.6 Å². The molecule has 314 valence electrons. The van der Waals surface area contributed by atoms with Crippen LogP contribution in [0, 0.1) is 59.2 Å². The number of nitrogens with one attached hydrogen (secondary N) is 1. The Labute approximate surface area is 347 Å². The van der Waals surface area contributed by atoms with Crippen LogP contribution in [0.25, 0.3) is 0 Å². The lowest BCUT2D eigenvalue weighted by atomic mass is 9.54. The summed E-state index contributed by atoms with van der Waals surface area (Å²) in [4.78, 5) is 36.9. The predicted molar refractivity (Wildman–Crippen MR) is 230 cm³/mol. The van der Waals surface area contributed by atoms with E-state index < -0.39 is 26.7 Å². The lowest BCUT2D eigenvalue weighted by Crippen LogP contribution is -2.72. The Hall–Kier alpha value is -3.04. The van der Waals surface area contributed by atoms with E-state index in [1.165, 1.54) is 4.31 Å². The van der Waals surface area contributed by atoms with Crippen LogP contribution in [-0.4, -0.2) is 72.7 Å². The first-order chi connectivity index (χ1) is 27.1. The third-order valence-corrected chi connectivity index (χ3v) is 16.7. The SMILES string of the molecule is CC#CCOc1ccc(S(=O)(=O)N2C[C@H](CC(=O)N(C)C)SC(C3CC(C)CCC3C(C)C)(C3CC(C)CCC3C(C)C)[C@@H]2C(=O)NOCc2ccccc2)cc1. The van der Waals surface area contributed by atoms with Gasteiger partial charge in [0.05, 0.1) is 11.5 Å². The van der Waals surface area contributed by atoms with E-state index in [-0.39, 0.29) is 65.9 Å². The fourth-order valence-corrected chi connectivity index (χ4v) is 14.3. The number of thioether (sulfide) groups is 1. The predicted octanol–water partition coefficient (Wildman–Crippen LogP) is 8.45. The number of ether oxygens (including phenoxy) is 1. The molecule has 1 N–H and O–H groups in total. The zero-order valence-electron chi connectivity index (χ0n) is 35.7. The zero-order chi connectivity index (χ0) is 41.5. The van der Waals surface area contributed by atoms with E-state index in [0.29, 0.717) is 29.4 Å². The highest BCUT2D eigenvalue weighted by Gasteiger charge is 2.65. The molecule has 0 spiro atoms. The second-order valence-corrected chi connectivity index (χ2v) is 21.4. The minimum absolute atomic E-state index is 0.0121. The van der Waals surface area contributed by atoms with Crippen molar-refractivity contribution in [2.24, 2.45) is 47.3 Å². The summed E-state index contributed by atoms with van der Waals surface area (Å²) in [7, 11) is -0.814. The van der Waals surface area contributed by atoms with Gasteiger partial charge in [-0.3, -0.25) is 14.4 Å². The summed E-state index contributed by atoms with van der Waals surface area (Å²) < 4.78 is 37.4. The topological polar surface area (TPSA) is 105 Å². The smallest absolute Gasteiger partial charge is 0.263 e. The molecular weight excluding hydrogens is 755 g/mol. The molecule has 2 aliphatic carbocycles. The standard InChI is InChI=1S/C46H67N3O6S2/c1-10-11-25-54-36-19-21-38(22-20-36)57(52,53)49-29-37(28-43(50)48(8)9)56-46(41-26-33(6)17-23-39(41)31(2)3,42-27-34(7)18-24-40(42)32(4)5)44(49)45(51)47-55-30-35-15-13-12-14-16-35/h12-16,19-22,31-34,37,39-42,44H,17-18,23-30H2,1-9H3,(H,47,51)/t33?,34?,37-,39?,40?,41?,42?,44-,46?/m0/s1. The number of sulfonamides is 1. The molecular formula is C46H67N3O6S2. The summed E-state index contributed by atoms with van der Waals surface area (Å²) in [5.41, 5.74) is 3.73. The number of amides is 2. The minimum Gasteiger partial charge on any atom is -0.481 e. The Bertz CT molecular complexity index is 1770. The van der Waals surface area contributed by atoms with Crippen molar-refractivity contribution in [3.63, 3.8) is 0 Å². The van der Waals surface area contributed by atoms with Crippen LogP contribution in [0.2, 0.25) is 0 Å². The Morgan fingerprint density at radius 2 is 1.49 bits per heavy atom. The summed E-state index contributed by atoms with van der Waals surface area (Å²) in [6, 6.07) is 15.0. The van der Waals surface area contributed by atoms with Crippen LogP contribution in [0.5, 0.6) is 5.75 Å². The number of hydrogen-bond acceptors (Lipinski definition) is 7. The maximum absolute atomic E-state index is 15.5. The number of carbonyl (C=O) groups is 2. The number of hydrogen-bond donors (Lipinski definition) is 1. The van der Waals surface area contributed by atoms with E-state index in [1.54, 1.807) is 61.9 Å². The Kier molecular flexibility index (Phi) is 15.7. The van der Waals surface area contributed by atoms with Gasteiger partial charge in [-0.25, -0.2) is 13.9 Å². The van der Waals surface area contributed by atoms with Crippen LogP contribution in [0.4, 0.5) is 0 Å². The third kappa shape index (κ3) is 10.4. The molecule has 0 aromatic heterocycles. The van der Waals surface area contributed by atoms with Crippen molar-refractivity contribution in [2.45, 2.75) is 121 Å². The van der Waals surface area contributed by atoms with Crippen LogP contribution in [0.1, 0.15) is 99.0 Å². The molecule has 0 radical (unpaired) electrons. The second kappa shape index (κ2) is 19.8. The average Bonchev–Trinajstić information content (AvgIpc) is 3.17. The number of rotatable bonds is 14. The molecule has 57 heavy (non-hydrogen) atoms. The van der Waals surface area contributed by atoms with Gasteiger partial charge in [0.25, 0.3) is 5.91 Å². The normalized spacial score (nSPS) is 29.7. The first-order valence-electron chi connectivity index (χ1n) is 21.1. The van der Waals surface area contributed by atoms with Crippen LogP contribution in [-0.2, 0) is 31.1 Å². The van der Waals surface area contributed by atoms with Gasteiger partial charge >= 0.3 is 0 Å². The largest absolute Gasteiger partial charge is 0.481 e. The average molecular weight is 822 g/mol. The van der Waals surface area contributed by atoms with Crippen LogP contribution in [0.15, 0.2) is 59.5 Å². The first-order valence-corrected chi connectivity index (χ1v) is 23.4. The lowest BCUT2D eigenvalue weighted by molar-refractivity contribution is -0.143. The van der Waals surface area contributed by atoms with Crippen molar-refractivity contribution in [2.75, 3.05) is 27.2 Å². The fourth-order valence-electron chi connectivity index (χ4n) is 10.1. The van der Waals surface area contributed by atoms with Crippen molar-refractivity contribution < 1.29 is 27.6 Å². The Balaban J connectivity index is 1.76. The van der Waals surface area contributed by atoms with Gasteiger partial charge in [-0.05, 0) is 110 Å². The monoisotopic (exact) mass is 821 g/mol. The minimum atomic E-state index is -4.32. The van der Waals surface area contributed by atoms with Crippen LogP contribution in [0.3, 0.4) is 0 Å². The summed E-state index contributed by atoms with van der Waals surface area (Å²) in [5.74, 6) is 7.67. The summed E-state index contributed by atoms with van der Waals surface area (Å²) >= 11 is 1.78. The van der Waals surface area contributed by atoms with Crippen LogP contribution >= 0.6 is 11.8 Å². The highest BCUT2D eigenvalue weighted by atomic mass is 32.2. The molecule has 0 bridgehead atoms. The molecule has 1 aliphatic heterocycles. The maximum atomic E-state index is 15.5. The van der Waals surface area contributed by atoms with E-state index in [0.717, 1.165) is 44.1 Å². The molecule has 9 nitrogen and oxygen atoms in total. The molecule has 1 heterocycles. The van der Waals surface area contributed by atoms with Gasteiger partial charge in [-0.15, -0.1) is 17.7 Å². The summed E-state index contributed by atoms with van der Waals surface area (Å²) in [5, 5.41) is -0.380. The molecule has 11 heteroatoms. The van der Waals surface area contributed by atoms with Crippen LogP contribution < -0.4 is 10.2 Å². The van der Waals surface area contributed by atoms with E-state index in [1.807, 2.05) is 30.3 Å². The molecule has 6 unspecified atom stereocenters. The molecule has 2 aromatic carbocycles. The fraction of sp³-hybridized carbons (Fsp3) is 0.652. The van der Waals surface area contributed by atoms with E-state index in [2.05, 4.69) is 58.9 Å². The number of nitrogens with zero attached hydrogens (tertiary/aromatic N) is 2. The van der Waals surface area contributed by atoms with Gasteiger partial charge in [0.15, 0.2) is 0 Å². The van der Waals surface area contributed by atoms with Crippen molar-refractivity contribution in [1.82, 2.24) is 14.7 Å². The molecule has 8 atom stereocenters. The summed E-state index contributed by atoms with van der Waals surface area (Å²) in [6.45, 7) is 15.8. The van der Waals surface area contributed by atoms with Gasteiger partial charge in [0, 0.05) is 37.1 Å². The van der Waals surface area contributed by atoms with Gasteiger partial charge in [-0.2, -0.15) is 4.31 Å². The van der Waals surface area contributed by atoms with Gasteiger partial charge < -0.3 is 9.64 Å². The van der Waals surface area contributed by atoms with Crippen molar-refractivity contribution in [1.29, 1.82) is 0 Å². The molecule has 1 saturated heterocycles. The summed E-state index contributed by atoms with van der Waals surface area (Å²) in [6.07, 6.45) is 6.14. The lowest BCUT2D eigenvalue weighted by Gasteiger charge is -2.63. The van der Waals surface area contributed by atoms with E-state index >= 15 is 13.2 Å². The number of carbonyl (C=O) groups excluding carboxylic acids is 2. The molecule has 2 saturated carbocycles. The Morgan fingerprint density at radius 1 is 0.912 bits per heavy atom. The zero-order valence-corrected chi connectivity index (χ0v) is 37.3. The second-order valence-electron chi connectivity index (χ2n) is 17.9. The quantitative estimate of drug-likeness (QED) is 0.151. The van der Waals surface area contributed by atoms with Crippen molar-refractivity contribution in [3.8, 4) is 17.6 Å². The number of hydroxylamine groups is 1. The maximum Gasteiger partial charge on any atom is 0.263 e. The third-order valence-electron chi connectivity index (χ3n) is 13.0. The molecule has 3 fully saturated rings. The first kappa shape index (κ1) is 45.1. The molecule has 2 amide bonds. The van der Waals surface area contributed by atoms with Gasteiger partial charge in [0.1, 0.15) is 18.4 Å². The molecule has 3 aliphatic rings.